The second kappa shape index (κ2) is 4.76. The summed E-state index contributed by atoms with van der Waals surface area (Å²) in [4.78, 5) is 8.35. The number of hydrogen-bond acceptors (Lipinski definition) is 2. The molecule has 0 aromatic heterocycles. The molecule has 1 atom stereocenters. The summed E-state index contributed by atoms with van der Waals surface area (Å²) < 4.78 is 14.5. The van der Waals surface area contributed by atoms with E-state index in [1.807, 2.05) is 0 Å². The van der Waals surface area contributed by atoms with Crippen LogP contribution >= 0.6 is 7.60 Å². The van der Waals surface area contributed by atoms with Gasteiger partial charge < -0.3 is 12.3 Å². The molecule has 48 valence electrons. The first-order valence-electron chi connectivity index (χ1n) is 2.01. The van der Waals surface area contributed by atoms with Crippen molar-refractivity contribution in [3.8, 4) is 0 Å². The van der Waals surface area contributed by atoms with Crippen LogP contribution in [0.15, 0.2) is 0 Å². The zero-order chi connectivity index (χ0) is 5.91. The molecular weight excluding hydrogens is 139 g/mol. The van der Waals surface area contributed by atoms with E-state index in [0.29, 0.717) is 6.61 Å². The van der Waals surface area contributed by atoms with Crippen LogP contribution in [0.2, 0.25) is 0 Å². The third-order valence-corrected chi connectivity index (χ3v) is 1.11. The maximum absolute atomic E-state index is 10.1. The summed E-state index contributed by atoms with van der Waals surface area (Å²) in [6.07, 6.45) is 0. The molecule has 1 unspecified atom stereocenters. The van der Waals surface area contributed by atoms with E-state index in [2.05, 4.69) is 4.52 Å². The molecule has 0 bridgehead atoms. The van der Waals surface area contributed by atoms with Crippen molar-refractivity contribution in [3.05, 3.63) is 0 Å². The summed E-state index contributed by atoms with van der Waals surface area (Å²) in [5.74, 6) is 0. The second-order valence-corrected chi connectivity index (χ2v) is 3.08. The van der Waals surface area contributed by atoms with Crippen molar-refractivity contribution in [3.63, 3.8) is 0 Å². The molecule has 8 heavy (non-hydrogen) atoms. The van der Waals surface area contributed by atoms with Crippen molar-refractivity contribution in [1.82, 2.24) is 0 Å². The van der Waals surface area contributed by atoms with Gasteiger partial charge in [-0.3, -0.25) is 4.57 Å². The molecule has 5 heteroatoms. The minimum Gasteiger partial charge on any atom is -1.00 e. The Morgan fingerprint density at radius 3 is 2.25 bits per heavy atom. The minimum absolute atomic E-state index is 0. The molecule has 0 rings (SSSR count). The average molecular weight is 150 g/mol. The first kappa shape index (κ1) is 11.7. The van der Waals surface area contributed by atoms with Crippen molar-refractivity contribution in [2.24, 2.45) is 0 Å². The quantitative estimate of drug-likeness (QED) is 0.465. The Kier molecular flexibility index (Phi) is 6.95. The van der Waals surface area contributed by atoms with Crippen molar-refractivity contribution < 1.29 is 16.8 Å². The fraction of sp³-hybridized carbons (Fsp3) is 1.00. The molecule has 0 aromatic rings. The molecular formula is C3H11MgO3P. The fourth-order valence-electron chi connectivity index (χ4n) is 0.240. The van der Waals surface area contributed by atoms with Crippen LogP contribution < -0.4 is 0 Å². The van der Waals surface area contributed by atoms with Crippen molar-refractivity contribution in [2.75, 3.05) is 13.3 Å². The first-order valence-corrected chi connectivity index (χ1v) is 4.03. The van der Waals surface area contributed by atoms with Crippen molar-refractivity contribution >= 4 is 30.6 Å². The van der Waals surface area contributed by atoms with Gasteiger partial charge in [0.1, 0.15) is 0 Å². The van der Waals surface area contributed by atoms with Crippen LogP contribution in [0, 0.1) is 0 Å². The first-order chi connectivity index (χ1) is 3.06. The molecule has 0 aliphatic heterocycles. The standard InChI is InChI=1S/C3H9O3P.Mg.2H/c1-3-6-7(2,4)5;;;/h3H2,1-2H3,(H,4,5);;;/q;+2;2*-1. The Labute approximate surface area is 68.1 Å². The largest absolute Gasteiger partial charge is 2.00 e. The zero-order valence-electron chi connectivity index (χ0n) is 7.13. The molecule has 1 N–H and O–H groups in total. The summed E-state index contributed by atoms with van der Waals surface area (Å²) >= 11 is 0. The monoisotopic (exact) mass is 150 g/mol. The zero-order valence-corrected chi connectivity index (χ0v) is 7.43. The fourth-order valence-corrected chi connectivity index (χ4v) is 0.719. The third kappa shape index (κ3) is 10.0. The molecule has 0 amide bonds. The normalized spacial score (nSPS) is 16.4. The van der Waals surface area contributed by atoms with Gasteiger partial charge in [0.25, 0.3) is 0 Å². The van der Waals surface area contributed by atoms with Gasteiger partial charge in [0.15, 0.2) is 0 Å². The van der Waals surface area contributed by atoms with Crippen molar-refractivity contribution in [2.45, 2.75) is 6.92 Å². The summed E-state index contributed by atoms with van der Waals surface area (Å²) in [6.45, 7) is 3.13. The van der Waals surface area contributed by atoms with Crippen LogP contribution in [0.5, 0.6) is 0 Å². The Balaban J connectivity index is -0.0000000600. The Morgan fingerprint density at radius 1 is 1.88 bits per heavy atom. The summed E-state index contributed by atoms with van der Waals surface area (Å²) in [5, 5.41) is 0. The minimum atomic E-state index is -3.17. The van der Waals surface area contributed by atoms with Gasteiger partial charge in [-0.15, -0.1) is 0 Å². The van der Waals surface area contributed by atoms with E-state index in [-0.39, 0.29) is 25.9 Å². The van der Waals surface area contributed by atoms with E-state index in [1.165, 1.54) is 0 Å². The molecule has 0 aliphatic rings. The number of rotatable bonds is 2. The van der Waals surface area contributed by atoms with E-state index >= 15 is 0 Å². The van der Waals surface area contributed by atoms with E-state index in [0.717, 1.165) is 6.66 Å². The van der Waals surface area contributed by atoms with Crippen LogP contribution in [0.3, 0.4) is 0 Å². The van der Waals surface area contributed by atoms with Crippen LogP contribution in [-0.4, -0.2) is 41.2 Å². The predicted octanol–water partition coefficient (Wildman–Crippen LogP) is 0.682. The molecule has 0 aliphatic carbocycles. The Bertz CT molecular complexity index is 95.7. The molecule has 0 heterocycles. The third-order valence-electron chi connectivity index (χ3n) is 0.369. The second-order valence-electron chi connectivity index (χ2n) is 1.22. The van der Waals surface area contributed by atoms with Gasteiger partial charge in [0.05, 0.1) is 6.61 Å². The maximum Gasteiger partial charge on any atom is 2.00 e. The summed E-state index contributed by atoms with van der Waals surface area (Å²) in [5.41, 5.74) is 0. The molecule has 0 saturated carbocycles. The predicted molar refractivity (Wildman–Crippen MR) is 35.4 cm³/mol. The number of hydrogen-bond donors (Lipinski definition) is 1. The van der Waals surface area contributed by atoms with E-state index < -0.39 is 7.60 Å². The molecule has 0 radical (unpaired) electrons. The average Bonchev–Trinajstić information content (AvgIpc) is 1.30. The van der Waals surface area contributed by atoms with Crippen LogP contribution in [0.1, 0.15) is 9.78 Å². The van der Waals surface area contributed by atoms with Crippen LogP contribution in [0.25, 0.3) is 0 Å². The van der Waals surface area contributed by atoms with Gasteiger partial charge in [0, 0.05) is 6.66 Å². The molecule has 0 aromatic carbocycles. The van der Waals surface area contributed by atoms with Gasteiger partial charge in [-0.05, 0) is 6.92 Å². The molecule has 0 saturated heterocycles. The molecule has 0 fully saturated rings. The van der Waals surface area contributed by atoms with Crippen molar-refractivity contribution in [1.29, 1.82) is 0 Å². The molecule has 3 nitrogen and oxygen atoms in total. The van der Waals surface area contributed by atoms with Gasteiger partial charge >= 0.3 is 30.6 Å². The van der Waals surface area contributed by atoms with E-state index in [1.54, 1.807) is 6.92 Å². The van der Waals surface area contributed by atoms with Crippen LogP contribution in [0.4, 0.5) is 0 Å². The topological polar surface area (TPSA) is 46.5 Å². The Hall–Kier alpha value is 0.916. The summed E-state index contributed by atoms with van der Waals surface area (Å²) in [7, 11) is -3.17. The molecule has 0 spiro atoms. The van der Waals surface area contributed by atoms with Gasteiger partial charge in [-0.1, -0.05) is 0 Å². The summed E-state index contributed by atoms with van der Waals surface area (Å²) in [6, 6.07) is 0. The van der Waals surface area contributed by atoms with E-state index in [9.17, 15) is 4.57 Å². The van der Waals surface area contributed by atoms with Gasteiger partial charge in [0.2, 0.25) is 0 Å². The van der Waals surface area contributed by atoms with Crippen LogP contribution in [-0.2, 0) is 9.09 Å². The van der Waals surface area contributed by atoms with Gasteiger partial charge in [-0.2, -0.15) is 0 Å². The Morgan fingerprint density at radius 2 is 2.25 bits per heavy atom. The van der Waals surface area contributed by atoms with E-state index in [4.69, 9.17) is 4.89 Å². The van der Waals surface area contributed by atoms with Gasteiger partial charge in [-0.25, -0.2) is 0 Å². The SMILES string of the molecule is CCOP(C)(=O)O.[H-].[H-].[Mg+2]. The smallest absolute Gasteiger partial charge is 1.00 e. The maximum atomic E-state index is 10.1.